The fourth-order valence-corrected chi connectivity index (χ4v) is 1.25. The second kappa shape index (κ2) is 8.33. The molecule has 0 heterocycles. The molecule has 2 N–H and O–H groups in total. The van der Waals surface area contributed by atoms with E-state index in [1.807, 2.05) is 0 Å². The Hall–Kier alpha value is -0.990. The molecule has 0 saturated heterocycles. The summed E-state index contributed by atoms with van der Waals surface area (Å²) in [4.78, 5) is 10.7. The zero-order valence-electron chi connectivity index (χ0n) is 10.1. The first-order chi connectivity index (χ1) is 7.11. The van der Waals surface area contributed by atoms with Crippen molar-refractivity contribution in [3.63, 3.8) is 0 Å². The Morgan fingerprint density at radius 3 is 2.53 bits per heavy atom. The molecule has 15 heavy (non-hydrogen) atoms. The van der Waals surface area contributed by atoms with E-state index in [1.165, 1.54) is 25.5 Å². The third kappa shape index (κ3) is 7.00. The van der Waals surface area contributed by atoms with Crippen molar-refractivity contribution in [1.29, 1.82) is 0 Å². The zero-order chi connectivity index (χ0) is 11.7. The molecule has 0 spiro atoms. The number of ether oxygens (including phenoxy) is 1. The third-order valence-corrected chi connectivity index (χ3v) is 2.41. The number of rotatable bonds is 8. The van der Waals surface area contributed by atoms with E-state index in [0.29, 0.717) is 5.57 Å². The smallest absolute Gasteiger partial charge is 0.247 e. The van der Waals surface area contributed by atoms with Gasteiger partial charge >= 0.3 is 0 Å². The molecule has 0 bridgehead atoms. The number of primary amides is 1. The summed E-state index contributed by atoms with van der Waals surface area (Å²) in [5.74, 6) is -0.418. The van der Waals surface area contributed by atoms with Crippen LogP contribution in [0.1, 0.15) is 52.9 Å². The van der Waals surface area contributed by atoms with Crippen LogP contribution in [0.15, 0.2) is 11.8 Å². The molecular weight excluding hydrogens is 190 g/mol. The summed E-state index contributed by atoms with van der Waals surface area (Å²) in [6.07, 6.45) is 7.34. The van der Waals surface area contributed by atoms with Gasteiger partial charge in [-0.2, -0.15) is 0 Å². The number of carbonyl (C=O) groups is 1. The van der Waals surface area contributed by atoms with E-state index in [9.17, 15) is 4.79 Å². The molecule has 0 aliphatic heterocycles. The lowest BCUT2D eigenvalue weighted by atomic mass is 10.1. The fourth-order valence-electron chi connectivity index (χ4n) is 1.25. The second-order valence-corrected chi connectivity index (χ2v) is 3.83. The molecule has 0 aliphatic carbocycles. The minimum Gasteiger partial charge on any atom is -0.498 e. The normalized spacial score (nSPS) is 13.7. The zero-order valence-corrected chi connectivity index (χ0v) is 10.1. The van der Waals surface area contributed by atoms with Crippen molar-refractivity contribution in [2.45, 2.75) is 59.0 Å². The van der Waals surface area contributed by atoms with Crippen LogP contribution in [-0.2, 0) is 9.53 Å². The number of unbranched alkanes of at least 4 members (excludes halogenated alkanes) is 2. The van der Waals surface area contributed by atoms with E-state index in [4.69, 9.17) is 10.5 Å². The van der Waals surface area contributed by atoms with E-state index >= 15 is 0 Å². The highest BCUT2D eigenvalue weighted by atomic mass is 16.5. The molecule has 0 fully saturated rings. The van der Waals surface area contributed by atoms with Crippen molar-refractivity contribution in [3.05, 3.63) is 11.8 Å². The number of carbonyl (C=O) groups excluding carboxylic acids is 1. The van der Waals surface area contributed by atoms with Gasteiger partial charge in [-0.25, -0.2) is 0 Å². The van der Waals surface area contributed by atoms with Gasteiger partial charge in [-0.3, -0.25) is 4.79 Å². The van der Waals surface area contributed by atoms with Crippen LogP contribution in [-0.4, -0.2) is 12.0 Å². The van der Waals surface area contributed by atoms with Crippen molar-refractivity contribution in [1.82, 2.24) is 0 Å². The van der Waals surface area contributed by atoms with Crippen LogP contribution < -0.4 is 5.73 Å². The van der Waals surface area contributed by atoms with Gasteiger partial charge in [-0.05, 0) is 26.2 Å². The molecule has 0 rings (SSSR count). The van der Waals surface area contributed by atoms with Crippen LogP contribution in [0.3, 0.4) is 0 Å². The molecule has 3 heteroatoms. The molecule has 0 aromatic carbocycles. The highest BCUT2D eigenvalue weighted by molar-refractivity contribution is 5.90. The SMILES string of the molecule is CCCCCC(CC)OC=C(C)C(N)=O. The summed E-state index contributed by atoms with van der Waals surface area (Å²) in [6.45, 7) is 5.93. The Labute approximate surface area is 92.7 Å². The van der Waals surface area contributed by atoms with Gasteiger partial charge in [0.05, 0.1) is 12.4 Å². The molecule has 1 unspecified atom stereocenters. The maximum atomic E-state index is 10.7. The predicted molar refractivity (Wildman–Crippen MR) is 62.3 cm³/mol. The Morgan fingerprint density at radius 1 is 1.40 bits per heavy atom. The van der Waals surface area contributed by atoms with Gasteiger partial charge in [-0.1, -0.05) is 26.7 Å². The van der Waals surface area contributed by atoms with Crippen molar-refractivity contribution >= 4 is 5.91 Å². The Kier molecular flexibility index (Phi) is 7.78. The number of nitrogens with two attached hydrogens (primary N) is 1. The predicted octanol–water partition coefficient (Wildman–Crippen LogP) is 2.75. The van der Waals surface area contributed by atoms with E-state index in [2.05, 4.69) is 13.8 Å². The standard InChI is InChI=1S/C12H23NO2/c1-4-6-7-8-11(5-2)15-9-10(3)12(13)14/h9,11H,4-8H2,1-3H3,(H2,13,14). The number of hydrogen-bond donors (Lipinski definition) is 1. The fraction of sp³-hybridized carbons (Fsp3) is 0.750. The van der Waals surface area contributed by atoms with Gasteiger partial charge in [0.25, 0.3) is 0 Å². The molecule has 0 aromatic rings. The lowest BCUT2D eigenvalue weighted by Crippen LogP contribution is -2.14. The van der Waals surface area contributed by atoms with Crippen molar-refractivity contribution < 1.29 is 9.53 Å². The first-order valence-corrected chi connectivity index (χ1v) is 5.73. The second-order valence-electron chi connectivity index (χ2n) is 3.83. The Morgan fingerprint density at radius 2 is 2.07 bits per heavy atom. The molecule has 0 aromatic heterocycles. The van der Waals surface area contributed by atoms with Crippen LogP contribution in [0.4, 0.5) is 0 Å². The minimum atomic E-state index is -0.418. The van der Waals surface area contributed by atoms with E-state index in [-0.39, 0.29) is 6.10 Å². The molecule has 0 radical (unpaired) electrons. The van der Waals surface area contributed by atoms with Gasteiger partial charge in [0, 0.05) is 5.57 Å². The lowest BCUT2D eigenvalue weighted by molar-refractivity contribution is -0.114. The van der Waals surface area contributed by atoms with Crippen molar-refractivity contribution in [2.75, 3.05) is 0 Å². The minimum absolute atomic E-state index is 0.214. The van der Waals surface area contributed by atoms with Crippen molar-refractivity contribution in [3.8, 4) is 0 Å². The average Bonchev–Trinajstić information content (AvgIpc) is 2.22. The largest absolute Gasteiger partial charge is 0.498 e. The molecule has 1 amide bonds. The summed E-state index contributed by atoms with van der Waals surface area (Å²) in [5.41, 5.74) is 5.57. The maximum absolute atomic E-state index is 10.7. The molecule has 0 saturated carbocycles. The number of amides is 1. The molecular formula is C12H23NO2. The highest BCUT2D eigenvalue weighted by Gasteiger charge is 2.05. The summed E-state index contributed by atoms with van der Waals surface area (Å²) < 4.78 is 5.50. The lowest BCUT2D eigenvalue weighted by Gasteiger charge is -2.14. The quantitative estimate of drug-likeness (QED) is 0.383. The van der Waals surface area contributed by atoms with Crippen LogP contribution in [0, 0.1) is 0 Å². The average molecular weight is 213 g/mol. The third-order valence-electron chi connectivity index (χ3n) is 2.41. The topological polar surface area (TPSA) is 52.3 Å². The first kappa shape index (κ1) is 14.0. The van der Waals surface area contributed by atoms with Crippen LogP contribution >= 0.6 is 0 Å². The maximum Gasteiger partial charge on any atom is 0.247 e. The van der Waals surface area contributed by atoms with Gasteiger partial charge < -0.3 is 10.5 Å². The Bertz CT molecular complexity index is 212. The van der Waals surface area contributed by atoms with E-state index in [1.54, 1.807) is 6.92 Å². The summed E-state index contributed by atoms with van der Waals surface area (Å²) in [5, 5.41) is 0. The van der Waals surface area contributed by atoms with Crippen LogP contribution in [0.25, 0.3) is 0 Å². The monoisotopic (exact) mass is 213 g/mol. The molecule has 88 valence electrons. The Balaban J connectivity index is 3.88. The van der Waals surface area contributed by atoms with Gasteiger partial charge in [0.2, 0.25) is 5.91 Å². The molecule has 1 atom stereocenters. The van der Waals surface area contributed by atoms with Crippen LogP contribution in [0.2, 0.25) is 0 Å². The summed E-state index contributed by atoms with van der Waals surface area (Å²) >= 11 is 0. The number of hydrogen-bond acceptors (Lipinski definition) is 2. The highest BCUT2D eigenvalue weighted by Crippen LogP contribution is 2.11. The van der Waals surface area contributed by atoms with Gasteiger partial charge in [-0.15, -0.1) is 0 Å². The van der Waals surface area contributed by atoms with E-state index in [0.717, 1.165) is 12.8 Å². The summed E-state index contributed by atoms with van der Waals surface area (Å²) in [7, 11) is 0. The van der Waals surface area contributed by atoms with Gasteiger partial charge in [0.1, 0.15) is 0 Å². The van der Waals surface area contributed by atoms with Crippen LogP contribution in [0.5, 0.6) is 0 Å². The van der Waals surface area contributed by atoms with Gasteiger partial charge in [0.15, 0.2) is 0 Å². The van der Waals surface area contributed by atoms with Crippen molar-refractivity contribution in [2.24, 2.45) is 5.73 Å². The molecule has 3 nitrogen and oxygen atoms in total. The molecule has 0 aliphatic rings. The van der Waals surface area contributed by atoms with E-state index < -0.39 is 5.91 Å². The summed E-state index contributed by atoms with van der Waals surface area (Å²) in [6, 6.07) is 0. The first-order valence-electron chi connectivity index (χ1n) is 5.73.